The van der Waals surface area contributed by atoms with Gasteiger partial charge in [-0.3, -0.25) is 9.59 Å². The van der Waals surface area contributed by atoms with E-state index in [4.69, 9.17) is 10.2 Å². The Morgan fingerprint density at radius 1 is 1.25 bits per heavy atom. The third-order valence-electron chi connectivity index (χ3n) is 0.891. The Balaban J connectivity index is 0. The highest BCUT2D eigenvalue weighted by atomic mass is 16.4. The summed E-state index contributed by atoms with van der Waals surface area (Å²) >= 11 is 0. The molecule has 0 saturated carbocycles. The quantitative estimate of drug-likeness (QED) is 0.569. The minimum Gasteiger partial charge on any atom is -0.481 e. The van der Waals surface area contributed by atoms with Crippen LogP contribution in [0, 0.1) is 0 Å². The standard InChI is InChI=1S/C4H9NO2.C3H6O2/c1-5-3-2-4(6)7;1-2-3(4)5/h5H,2-3H2,1H3,(H,6,7);2H2,1H3,(H,4,5). The maximum absolute atomic E-state index is 9.72. The lowest BCUT2D eigenvalue weighted by molar-refractivity contribution is -0.137. The van der Waals surface area contributed by atoms with Crippen molar-refractivity contribution in [2.45, 2.75) is 19.8 Å². The molecule has 0 fully saturated rings. The van der Waals surface area contributed by atoms with Gasteiger partial charge >= 0.3 is 11.9 Å². The van der Waals surface area contributed by atoms with Crippen molar-refractivity contribution in [3.63, 3.8) is 0 Å². The number of aliphatic carboxylic acids is 2. The fourth-order valence-electron chi connectivity index (χ4n) is 0.232. The summed E-state index contributed by atoms with van der Waals surface area (Å²) < 4.78 is 0. The van der Waals surface area contributed by atoms with Crippen molar-refractivity contribution in [1.82, 2.24) is 5.32 Å². The Hall–Kier alpha value is -1.10. The van der Waals surface area contributed by atoms with Gasteiger partial charge in [0.2, 0.25) is 0 Å². The lowest BCUT2D eigenvalue weighted by atomic mass is 10.4. The molecule has 72 valence electrons. The lowest BCUT2D eigenvalue weighted by Gasteiger charge is -1.88. The molecular formula is C7H15NO4. The average molecular weight is 177 g/mol. The van der Waals surface area contributed by atoms with E-state index in [0.29, 0.717) is 6.54 Å². The average Bonchev–Trinajstić information content (AvgIpc) is 2.02. The van der Waals surface area contributed by atoms with Crippen LogP contribution in [-0.2, 0) is 9.59 Å². The number of hydrogen-bond donors (Lipinski definition) is 3. The van der Waals surface area contributed by atoms with E-state index < -0.39 is 11.9 Å². The van der Waals surface area contributed by atoms with Crippen LogP contribution in [0.25, 0.3) is 0 Å². The molecule has 0 aliphatic rings. The molecule has 12 heavy (non-hydrogen) atoms. The van der Waals surface area contributed by atoms with Crippen LogP contribution in [0.5, 0.6) is 0 Å². The van der Waals surface area contributed by atoms with Gasteiger partial charge < -0.3 is 15.5 Å². The Kier molecular flexibility index (Phi) is 11.1. The Morgan fingerprint density at radius 3 is 1.75 bits per heavy atom. The maximum atomic E-state index is 9.72. The van der Waals surface area contributed by atoms with Gasteiger partial charge in [0.05, 0.1) is 6.42 Å². The number of carboxylic acids is 2. The summed E-state index contributed by atoms with van der Waals surface area (Å²) in [6.07, 6.45) is 0.427. The van der Waals surface area contributed by atoms with Gasteiger partial charge in [0, 0.05) is 13.0 Å². The highest BCUT2D eigenvalue weighted by Gasteiger charge is 1.90. The molecule has 0 aromatic rings. The molecule has 0 aliphatic heterocycles. The summed E-state index contributed by atoms with van der Waals surface area (Å²) in [4.78, 5) is 19.1. The van der Waals surface area contributed by atoms with Crippen molar-refractivity contribution in [3.8, 4) is 0 Å². The molecule has 0 bridgehead atoms. The van der Waals surface area contributed by atoms with E-state index in [1.54, 1.807) is 14.0 Å². The lowest BCUT2D eigenvalue weighted by Crippen LogP contribution is -2.11. The highest BCUT2D eigenvalue weighted by molar-refractivity contribution is 5.66. The minimum atomic E-state index is -0.755. The van der Waals surface area contributed by atoms with Crippen molar-refractivity contribution >= 4 is 11.9 Å². The number of rotatable bonds is 4. The van der Waals surface area contributed by atoms with Gasteiger partial charge in [0.1, 0.15) is 0 Å². The van der Waals surface area contributed by atoms with E-state index >= 15 is 0 Å². The molecular weight excluding hydrogens is 162 g/mol. The molecule has 0 rings (SSSR count). The van der Waals surface area contributed by atoms with Crippen LogP contribution < -0.4 is 5.32 Å². The molecule has 0 radical (unpaired) electrons. The minimum absolute atomic E-state index is 0.205. The smallest absolute Gasteiger partial charge is 0.304 e. The molecule has 0 aromatic heterocycles. The first-order chi connectivity index (χ1) is 5.54. The van der Waals surface area contributed by atoms with Crippen molar-refractivity contribution in [2.75, 3.05) is 13.6 Å². The largest absolute Gasteiger partial charge is 0.481 e. The van der Waals surface area contributed by atoms with Gasteiger partial charge in [0.15, 0.2) is 0 Å². The fourth-order valence-corrected chi connectivity index (χ4v) is 0.232. The summed E-state index contributed by atoms with van der Waals surface area (Å²) in [5.74, 6) is -1.50. The summed E-state index contributed by atoms with van der Waals surface area (Å²) in [6, 6.07) is 0. The van der Waals surface area contributed by atoms with Gasteiger partial charge in [-0.2, -0.15) is 0 Å². The van der Waals surface area contributed by atoms with Crippen LogP contribution in [0.4, 0.5) is 0 Å². The highest BCUT2D eigenvalue weighted by Crippen LogP contribution is 1.70. The van der Waals surface area contributed by atoms with E-state index in [2.05, 4.69) is 5.32 Å². The molecule has 0 spiro atoms. The normalized spacial score (nSPS) is 8.17. The van der Waals surface area contributed by atoms with Gasteiger partial charge in [-0.1, -0.05) is 6.92 Å². The number of carboxylic acid groups (broad SMARTS) is 2. The van der Waals surface area contributed by atoms with Gasteiger partial charge in [-0.25, -0.2) is 0 Å². The predicted molar refractivity (Wildman–Crippen MR) is 44.1 cm³/mol. The van der Waals surface area contributed by atoms with Gasteiger partial charge in [0.25, 0.3) is 0 Å². The van der Waals surface area contributed by atoms with E-state index in [1.807, 2.05) is 0 Å². The molecule has 0 heterocycles. The second-order valence-corrected chi connectivity index (χ2v) is 1.99. The fraction of sp³-hybridized carbons (Fsp3) is 0.714. The molecule has 0 amide bonds. The third-order valence-corrected chi connectivity index (χ3v) is 0.891. The van der Waals surface area contributed by atoms with Gasteiger partial charge in [-0.05, 0) is 7.05 Å². The first kappa shape index (κ1) is 13.5. The van der Waals surface area contributed by atoms with Crippen molar-refractivity contribution in [3.05, 3.63) is 0 Å². The van der Waals surface area contributed by atoms with Crippen LogP contribution in [0.15, 0.2) is 0 Å². The van der Waals surface area contributed by atoms with Gasteiger partial charge in [-0.15, -0.1) is 0 Å². The van der Waals surface area contributed by atoms with E-state index in [1.165, 1.54) is 0 Å². The molecule has 5 heteroatoms. The zero-order chi connectivity index (χ0) is 9.98. The van der Waals surface area contributed by atoms with Crippen molar-refractivity contribution < 1.29 is 19.8 Å². The topological polar surface area (TPSA) is 86.6 Å². The first-order valence-corrected chi connectivity index (χ1v) is 3.62. The SMILES string of the molecule is CCC(=O)O.CNCCC(=O)O. The zero-order valence-corrected chi connectivity index (χ0v) is 7.33. The van der Waals surface area contributed by atoms with Crippen LogP contribution in [0.1, 0.15) is 19.8 Å². The van der Waals surface area contributed by atoms with E-state index in [0.717, 1.165) is 0 Å². The van der Waals surface area contributed by atoms with Crippen LogP contribution >= 0.6 is 0 Å². The number of nitrogens with one attached hydrogen (secondary N) is 1. The first-order valence-electron chi connectivity index (χ1n) is 3.62. The Labute approximate surface area is 71.4 Å². The molecule has 0 atom stereocenters. The Bertz CT molecular complexity index is 135. The Morgan fingerprint density at radius 2 is 1.67 bits per heavy atom. The molecule has 0 aromatic carbocycles. The summed E-state index contributed by atoms with van der Waals surface area (Å²) in [6.45, 7) is 2.15. The molecule has 5 nitrogen and oxygen atoms in total. The zero-order valence-electron chi connectivity index (χ0n) is 7.33. The second kappa shape index (κ2) is 9.90. The van der Waals surface area contributed by atoms with Crippen LogP contribution in [0.2, 0.25) is 0 Å². The molecule has 3 N–H and O–H groups in total. The monoisotopic (exact) mass is 177 g/mol. The number of carbonyl (C=O) groups is 2. The summed E-state index contributed by atoms with van der Waals surface area (Å²) in [7, 11) is 1.73. The van der Waals surface area contributed by atoms with Crippen molar-refractivity contribution in [2.24, 2.45) is 0 Å². The summed E-state index contributed by atoms with van der Waals surface area (Å²) in [5, 5.41) is 18.4. The van der Waals surface area contributed by atoms with Crippen LogP contribution in [-0.4, -0.2) is 35.7 Å². The molecule has 0 saturated heterocycles. The molecule has 0 aliphatic carbocycles. The van der Waals surface area contributed by atoms with Crippen LogP contribution in [0.3, 0.4) is 0 Å². The maximum Gasteiger partial charge on any atom is 0.304 e. The number of hydrogen-bond acceptors (Lipinski definition) is 3. The predicted octanol–water partition coefficient (Wildman–Crippen LogP) is 0.161. The van der Waals surface area contributed by atoms with E-state index in [-0.39, 0.29) is 12.8 Å². The second-order valence-electron chi connectivity index (χ2n) is 1.99. The summed E-state index contributed by atoms with van der Waals surface area (Å²) in [5.41, 5.74) is 0. The third kappa shape index (κ3) is 23.1. The van der Waals surface area contributed by atoms with Crippen molar-refractivity contribution in [1.29, 1.82) is 0 Å². The molecule has 0 unspecified atom stereocenters. The van der Waals surface area contributed by atoms with E-state index in [9.17, 15) is 9.59 Å².